The van der Waals surface area contributed by atoms with Crippen LogP contribution in [0.5, 0.6) is 0 Å². The molecule has 0 rings (SSSR count). The Bertz CT molecular complexity index is 206. The Balaban J connectivity index is 4.43. The van der Waals surface area contributed by atoms with Gasteiger partial charge in [0.15, 0.2) is 5.25 Å². The van der Waals surface area contributed by atoms with Crippen LogP contribution in [0.15, 0.2) is 0 Å². The van der Waals surface area contributed by atoms with Gasteiger partial charge in [-0.15, -0.1) is 0 Å². The minimum absolute atomic E-state index is 1.00. The SMILES string of the molecule is CC(C(=O)O)S(=O)(=O)Cl. The molecule has 1 atom stereocenters. The summed E-state index contributed by atoms with van der Waals surface area (Å²) in [4.78, 5) is 9.88. The molecule has 0 aliphatic carbocycles. The summed E-state index contributed by atoms with van der Waals surface area (Å²) in [6, 6.07) is 0. The van der Waals surface area contributed by atoms with Gasteiger partial charge in [-0.05, 0) is 6.92 Å². The van der Waals surface area contributed by atoms with Crippen molar-refractivity contribution in [2.75, 3.05) is 0 Å². The van der Waals surface area contributed by atoms with E-state index in [9.17, 15) is 13.2 Å². The minimum Gasteiger partial charge on any atom is -0.480 e. The lowest BCUT2D eigenvalue weighted by Crippen LogP contribution is -2.22. The number of rotatable bonds is 2. The fourth-order valence-electron chi connectivity index (χ4n) is 0.120. The normalized spacial score (nSPS) is 14.9. The first-order chi connectivity index (χ1) is 3.85. The Morgan fingerprint density at radius 2 is 2.00 bits per heavy atom. The predicted molar refractivity (Wildman–Crippen MR) is 31.9 cm³/mol. The zero-order chi connectivity index (χ0) is 7.65. The first-order valence-corrected chi connectivity index (χ1v) is 4.39. The second-order valence-corrected chi connectivity index (χ2v) is 4.40. The predicted octanol–water partition coefficient (Wildman–Crippen LogP) is 0.0281. The Morgan fingerprint density at radius 1 is 1.67 bits per heavy atom. The summed E-state index contributed by atoms with van der Waals surface area (Å²) < 4.78 is 20.3. The number of carboxylic acids is 1. The van der Waals surface area contributed by atoms with Crippen LogP contribution >= 0.6 is 10.7 Å². The highest BCUT2D eigenvalue weighted by Gasteiger charge is 2.24. The van der Waals surface area contributed by atoms with Gasteiger partial charge in [0.1, 0.15) is 0 Å². The van der Waals surface area contributed by atoms with Gasteiger partial charge in [0.05, 0.1) is 0 Å². The van der Waals surface area contributed by atoms with Crippen molar-refractivity contribution < 1.29 is 18.3 Å². The molecule has 0 amide bonds. The van der Waals surface area contributed by atoms with Crippen LogP contribution in [0.4, 0.5) is 0 Å². The Kier molecular flexibility index (Phi) is 2.45. The summed E-state index contributed by atoms with van der Waals surface area (Å²) in [6.45, 7) is 1.00. The molecule has 0 bridgehead atoms. The van der Waals surface area contributed by atoms with Crippen molar-refractivity contribution in [1.29, 1.82) is 0 Å². The Morgan fingerprint density at radius 3 is 2.00 bits per heavy atom. The number of hydrogen-bond donors (Lipinski definition) is 1. The van der Waals surface area contributed by atoms with Crippen molar-refractivity contribution in [3.8, 4) is 0 Å². The number of aliphatic carboxylic acids is 1. The fraction of sp³-hybridized carbons (Fsp3) is 0.667. The first-order valence-electron chi connectivity index (χ1n) is 2.02. The van der Waals surface area contributed by atoms with Crippen molar-refractivity contribution in [3.05, 3.63) is 0 Å². The van der Waals surface area contributed by atoms with E-state index < -0.39 is 20.3 Å². The van der Waals surface area contributed by atoms with E-state index in [0.29, 0.717) is 0 Å². The van der Waals surface area contributed by atoms with Crippen LogP contribution in [0, 0.1) is 0 Å². The lowest BCUT2D eigenvalue weighted by Gasteiger charge is -1.97. The summed E-state index contributed by atoms with van der Waals surface area (Å²) in [7, 11) is 0.741. The molecule has 0 spiro atoms. The van der Waals surface area contributed by atoms with Crippen molar-refractivity contribution in [2.24, 2.45) is 0 Å². The van der Waals surface area contributed by atoms with Crippen LogP contribution < -0.4 is 0 Å². The van der Waals surface area contributed by atoms with E-state index in [0.717, 1.165) is 6.92 Å². The zero-order valence-corrected chi connectivity index (χ0v) is 6.11. The molecule has 0 aliphatic heterocycles. The van der Waals surface area contributed by atoms with Gasteiger partial charge in [0.25, 0.3) is 0 Å². The third kappa shape index (κ3) is 2.67. The Labute approximate surface area is 56.9 Å². The van der Waals surface area contributed by atoms with Crippen LogP contribution in [0.1, 0.15) is 6.92 Å². The summed E-state index contributed by atoms with van der Waals surface area (Å²) in [5.74, 6) is -1.44. The zero-order valence-electron chi connectivity index (χ0n) is 4.54. The molecule has 0 saturated carbocycles. The molecular formula is C3H5ClO4S. The van der Waals surface area contributed by atoms with Crippen LogP contribution in [-0.4, -0.2) is 24.7 Å². The molecule has 0 aromatic carbocycles. The van der Waals surface area contributed by atoms with Gasteiger partial charge in [0.2, 0.25) is 9.05 Å². The van der Waals surface area contributed by atoms with E-state index >= 15 is 0 Å². The van der Waals surface area contributed by atoms with Gasteiger partial charge in [-0.3, -0.25) is 4.79 Å². The highest BCUT2D eigenvalue weighted by atomic mass is 35.7. The minimum atomic E-state index is -3.93. The average molecular weight is 173 g/mol. The van der Waals surface area contributed by atoms with E-state index in [2.05, 4.69) is 10.7 Å². The van der Waals surface area contributed by atoms with Crippen molar-refractivity contribution >= 4 is 25.7 Å². The number of carboxylic acid groups (broad SMARTS) is 1. The van der Waals surface area contributed by atoms with E-state index in [-0.39, 0.29) is 0 Å². The second kappa shape index (κ2) is 2.53. The third-order valence-corrected chi connectivity index (χ3v) is 2.62. The van der Waals surface area contributed by atoms with Gasteiger partial charge in [0, 0.05) is 10.7 Å². The van der Waals surface area contributed by atoms with Crippen molar-refractivity contribution in [2.45, 2.75) is 12.2 Å². The van der Waals surface area contributed by atoms with E-state index in [1.807, 2.05) is 0 Å². The molecule has 1 N–H and O–H groups in total. The fourth-order valence-corrected chi connectivity index (χ4v) is 0.590. The van der Waals surface area contributed by atoms with Crippen LogP contribution in [0.2, 0.25) is 0 Å². The average Bonchev–Trinajstić information content (AvgIpc) is 1.62. The largest absolute Gasteiger partial charge is 0.480 e. The molecular weight excluding hydrogens is 168 g/mol. The van der Waals surface area contributed by atoms with E-state index in [1.54, 1.807) is 0 Å². The molecule has 0 saturated heterocycles. The highest BCUT2D eigenvalue weighted by molar-refractivity contribution is 8.14. The number of carbonyl (C=O) groups is 1. The molecule has 1 unspecified atom stereocenters. The summed E-state index contributed by atoms with van der Waals surface area (Å²) in [5.41, 5.74) is 0. The molecule has 6 heteroatoms. The smallest absolute Gasteiger partial charge is 0.322 e. The third-order valence-electron chi connectivity index (χ3n) is 0.770. The van der Waals surface area contributed by atoms with Crippen molar-refractivity contribution in [3.63, 3.8) is 0 Å². The maximum atomic E-state index is 10.2. The molecule has 0 fully saturated rings. The van der Waals surface area contributed by atoms with Gasteiger partial charge in [-0.25, -0.2) is 8.42 Å². The van der Waals surface area contributed by atoms with Gasteiger partial charge >= 0.3 is 5.97 Å². The number of hydrogen-bond acceptors (Lipinski definition) is 3. The molecule has 0 aromatic heterocycles. The molecule has 4 nitrogen and oxygen atoms in total. The lowest BCUT2D eigenvalue weighted by molar-refractivity contribution is -0.136. The van der Waals surface area contributed by atoms with Gasteiger partial charge in [-0.2, -0.15) is 0 Å². The summed E-state index contributed by atoms with van der Waals surface area (Å²) in [5, 5.41) is 6.53. The quantitative estimate of drug-likeness (QED) is 0.597. The maximum absolute atomic E-state index is 10.2. The molecule has 9 heavy (non-hydrogen) atoms. The molecule has 0 radical (unpaired) electrons. The molecule has 0 heterocycles. The molecule has 0 aromatic rings. The van der Waals surface area contributed by atoms with Crippen LogP contribution in [0.3, 0.4) is 0 Å². The molecule has 0 aliphatic rings. The Hall–Kier alpha value is -0.290. The summed E-state index contributed by atoms with van der Waals surface area (Å²) in [6.07, 6.45) is 0. The molecule has 54 valence electrons. The van der Waals surface area contributed by atoms with Crippen molar-refractivity contribution in [1.82, 2.24) is 0 Å². The van der Waals surface area contributed by atoms with Gasteiger partial charge in [-0.1, -0.05) is 0 Å². The number of halogens is 1. The standard InChI is InChI=1S/C3H5ClO4S/c1-2(3(5)6)9(4,7)8/h2H,1H3,(H,5,6). The van der Waals surface area contributed by atoms with E-state index in [1.165, 1.54) is 0 Å². The van der Waals surface area contributed by atoms with Crippen LogP contribution in [-0.2, 0) is 13.8 Å². The second-order valence-electron chi connectivity index (χ2n) is 1.46. The lowest BCUT2D eigenvalue weighted by atomic mass is 10.5. The van der Waals surface area contributed by atoms with E-state index in [4.69, 9.17) is 5.11 Å². The highest BCUT2D eigenvalue weighted by Crippen LogP contribution is 2.05. The first kappa shape index (κ1) is 8.71. The topological polar surface area (TPSA) is 71.4 Å². The van der Waals surface area contributed by atoms with Crippen LogP contribution in [0.25, 0.3) is 0 Å². The van der Waals surface area contributed by atoms with Gasteiger partial charge < -0.3 is 5.11 Å². The monoisotopic (exact) mass is 172 g/mol. The maximum Gasteiger partial charge on any atom is 0.322 e. The summed E-state index contributed by atoms with van der Waals surface area (Å²) >= 11 is 0.